The van der Waals surface area contributed by atoms with Gasteiger partial charge in [-0.2, -0.15) is 0 Å². The smallest absolute Gasteiger partial charge is 0.0628 e. The summed E-state index contributed by atoms with van der Waals surface area (Å²) in [7, 11) is 4.19. The Morgan fingerprint density at radius 1 is 0.900 bits per heavy atom. The second-order valence-corrected chi connectivity index (χ2v) is 12.0. The van der Waals surface area contributed by atoms with Gasteiger partial charge in [-0.3, -0.25) is 0 Å². The molecule has 0 spiro atoms. The van der Waals surface area contributed by atoms with Gasteiger partial charge in [-0.15, -0.1) is 0 Å². The van der Waals surface area contributed by atoms with Crippen LogP contribution in [0.1, 0.15) is 76.7 Å². The molecule has 0 amide bonds. The van der Waals surface area contributed by atoms with E-state index in [1.54, 1.807) is 0 Å². The van der Waals surface area contributed by atoms with Crippen LogP contribution in [-0.2, 0) is 0 Å². The zero-order valence-corrected chi connectivity index (χ0v) is 19.3. The second-order valence-electron chi connectivity index (χ2n) is 12.0. The third kappa shape index (κ3) is 3.23. The molecule has 5 rings (SSSR count). The topological polar surface area (TPSA) is 43.7 Å². The van der Waals surface area contributed by atoms with E-state index in [1.165, 1.54) is 43.4 Å². The summed E-state index contributed by atoms with van der Waals surface area (Å²) in [6.07, 6.45) is 9.01. The summed E-state index contributed by atoms with van der Waals surface area (Å²) >= 11 is 0. The standard InChI is InChI=1S/C27H41NO2/c1-26(30)15-18-7-10-20-21(13-14-27(2)23(20)11-12-24(27)29)25(18)22(16-26)17-5-8-19(9-6-17)28(3)4/h5-6,8-9,18,20-25,29-30H,7,10-16H2,1-4H3/t18-,20+,21-,22-,23-,24-,25-,26-,27-/m0/s1. The van der Waals surface area contributed by atoms with Crippen molar-refractivity contribution < 1.29 is 10.2 Å². The molecule has 3 heteroatoms. The minimum atomic E-state index is -0.550. The van der Waals surface area contributed by atoms with Crippen LogP contribution in [0.4, 0.5) is 5.69 Å². The Hall–Kier alpha value is -1.06. The number of hydrogen-bond donors (Lipinski definition) is 2. The van der Waals surface area contributed by atoms with Gasteiger partial charge in [-0.1, -0.05) is 19.1 Å². The molecule has 3 nitrogen and oxygen atoms in total. The zero-order chi connectivity index (χ0) is 21.3. The number of benzene rings is 1. The molecule has 0 saturated heterocycles. The molecule has 4 saturated carbocycles. The minimum absolute atomic E-state index is 0.0948. The maximum atomic E-state index is 11.2. The van der Waals surface area contributed by atoms with E-state index in [-0.39, 0.29) is 11.5 Å². The molecule has 166 valence electrons. The fraction of sp³-hybridized carbons (Fsp3) is 0.778. The van der Waals surface area contributed by atoms with Gasteiger partial charge in [-0.05, 0) is 117 Å². The van der Waals surface area contributed by atoms with E-state index in [0.29, 0.717) is 23.7 Å². The summed E-state index contributed by atoms with van der Waals surface area (Å²) < 4.78 is 0. The summed E-state index contributed by atoms with van der Waals surface area (Å²) in [4.78, 5) is 2.16. The number of fused-ring (bicyclic) bond motifs is 5. The first-order chi connectivity index (χ1) is 14.2. The van der Waals surface area contributed by atoms with Crippen LogP contribution in [0.3, 0.4) is 0 Å². The molecule has 0 aliphatic heterocycles. The lowest BCUT2D eigenvalue weighted by Crippen LogP contribution is -2.53. The lowest BCUT2D eigenvalue weighted by Gasteiger charge is -2.58. The van der Waals surface area contributed by atoms with Gasteiger partial charge in [-0.25, -0.2) is 0 Å². The average molecular weight is 412 g/mol. The summed E-state index contributed by atoms with van der Waals surface area (Å²) in [5.41, 5.74) is 2.27. The van der Waals surface area contributed by atoms with E-state index < -0.39 is 5.60 Å². The van der Waals surface area contributed by atoms with E-state index in [9.17, 15) is 10.2 Å². The van der Waals surface area contributed by atoms with E-state index >= 15 is 0 Å². The van der Waals surface area contributed by atoms with Crippen molar-refractivity contribution in [2.24, 2.45) is 35.0 Å². The fourth-order valence-electron chi connectivity index (χ4n) is 8.61. The van der Waals surface area contributed by atoms with Crippen LogP contribution in [0.15, 0.2) is 24.3 Å². The van der Waals surface area contributed by atoms with Gasteiger partial charge in [0.15, 0.2) is 0 Å². The fourth-order valence-corrected chi connectivity index (χ4v) is 8.61. The Labute approximate surface area is 182 Å². The quantitative estimate of drug-likeness (QED) is 0.702. The number of nitrogens with zero attached hydrogens (tertiary/aromatic N) is 1. The van der Waals surface area contributed by atoms with Gasteiger partial charge in [0.05, 0.1) is 11.7 Å². The molecule has 1 aromatic rings. The highest BCUT2D eigenvalue weighted by Crippen LogP contribution is 2.64. The molecule has 4 aliphatic carbocycles. The van der Waals surface area contributed by atoms with Crippen molar-refractivity contribution in [3.8, 4) is 0 Å². The maximum Gasteiger partial charge on any atom is 0.0628 e. The lowest BCUT2D eigenvalue weighted by molar-refractivity contribution is -0.117. The molecule has 1 aromatic carbocycles. The zero-order valence-electron chi connectivity index (χ0n) is 19.3. The molecule has 0 aromatic heterocycles. The lowest BCUT2D eigenvalue weighted by atomic mass is 9.47. The van der Waals surface area contributed by atoms with Gasteiger partial charge in [0.1, 0.15) is 0 Å². The molecular weight excluding hydrogens is 370 g/mol. The van der Waals surface area contributed by atoms with Crippen LogP contribution in [0, 0.1) is 35.0 Å². The van der Waals surface area contributed by atoms with Crippen LogP contribution in [0.25, 0.3) is 0 Å². The van der Waals surface area contributed by atoms with Gasteiger partial charge >= 0.3 is 0 Å². The molecule has 4 aliphatic rings. The van der Waals surface area contributed by atoms with Crippen molar-refractivity contribution in [2.75, 3.05) is 19.0 Å². The Balaban J connectivity index is 1.48. The normalized spacial score (nSPS) is 47.9. The number of aliphatic hydroxyl groups excluding tert-OH is 1. The van der Waals surface area contributed by atoms with Crippen molar-refractivity contribution in [2.45, 2.75) is 82.8 Å². The highest BCUT2D eigenvalue weighted by Gasteiger charge is 2.59. The molecule has 0 bridgehead atoms. The monoisotopic (exact) mass is 411 g/mol. The molecule has 0 radical (unpaired) electrons. The molecule has 4 fully saturated rings. The minimum Gasteiger partial charge on any atom is -0.393 e. The van der Waals surface area contributed by atoms with Crippen LogP contribution in [-0.4, -0.2) is 36.0 Å². The van der Waals surface area contributed by atoms with E-state index in [2.05, 4.69) is 57.1 Å². The van der Waals surface area contributed by atoms with Crippen molar-refractivity contribution in [3.05, 3.63) is 29.8 Å². The van der Waals surface area contributed by atoms with Crippen LogP contribution >= 0.6 is 0 Å². The van der Waals surface area contributed by atoms with E-state index in [4.69, 9.17) is 0 Å². The first kappa shape index (κ1) is 20.8. The van der Waals surface area contributed by atoms with Gasteiger partial charge in [0, 0.05) is 19.8 Å². The van der Waals surface area contributed by atoms with Gasteiger partial charge in [0.2, 0.25) is 0 Å². The maximum absolute atomic E-state index is 11.2. The number of hydrogen-bond acceptors (Lipinski definition) is 3. The largest absolute Gasteiger partial charge is 0.393 e. The molecule has 0 heterocycles. The Morgan fingerprint density at radius 2 is 1.63 bits per heavy atom. The second kappa shape index (κ2) is 7.24. The number of anilines is 1. The van der Waals surface area contributed by atoms with Crippen molar-refractivity contribution in [3.63, 3.8) is 0 Å². The third-order valence-electron chi connectivity index (χ3n) is 10.0. The SMILES string of the molecule is CN(C)c1ccc([C@@H]2C[C@@](C)(O)C[C@@H]3CC[C@@H]4[C@H](CC[C@]5(C)[C@@H](O)CC[C@@H]45)[C@H]32)cc1. The first-order valence-electron chi connectivity index (χ1n) is 12.4. The number of rotatable bonds is 2. The van der Waals surface area contributed by atoms with E-state index in [1.807, 2.05) is 0 Å². The van der Waals surface area contributed by atoms with Crippen molar-refractivity contribution in [1.82, 2.24) is 0 Å². The Kier molecular flexibility index (Phi) is 5.02. The molecule has 30 heavy (non-hydrogen) atoms. The average Bonchev–Trinajstić information content (AvgIpc) is 3.01. The Bertz CT molecular complexity index is 772. The van der Waals surface area contributed by atoms with Crippen molar-refractivity contribution >= 4 is 5.69 Å². The van der Waals surface area contributed by atoms with E-state index in [0.717, 1.165) is 31.1 Å². The summed E-state index contributed by atoms with van der Waals surface area (Å²) in [5, 5.41) is 21.9. The molecule has 2 N–H and O–H groups in total. The molecular formula is C27H41NO2. The van der Waals surface area contributed by atoms with Crippen LogP contribution < -0.4 is 4.90 Å². The predicted molar refractivity (Wildman–Crippen MR) is 123 cm³/mol. The number of aliphatic hydroxyl groups is 2. The van der Waals surface area contributed by atoms with Crippen LogP contribution in [0.5, 0.6) is 0 Å². The molecule has 9 atom stereocenters. The highest BCUT2D eigenvalue weighted by molar-refractivity contribution is 5.47. The van der Waals surface area contributed by atoms with Crippen LogP contribution in [0.2, 0.25) is 0 Å². The predicted octanol–water partition coefficient (Wildman–Crippen LogP) is 5.21. The van der Waals surface area contributed by atoms with Gasteiger partial charge in [0.25, 0.3) is 0 Å². The summed E-state index contributed by atoms with van der Waals surface area (Å²) in [6, 6.07) is 9.15. The van der Waals surface area contributed by atoms with Gasteiger partial charge < -0.3 is 15.1 Å². The first-order valence-corrected chi connectivity index (χ1v) is 12.4. The highest BCUT2D eigenvalue weighted by atomic mass is 16.3. The third-order valence-corrected chi connectivity index (χ3v) is 10.0. The Morgan fingerprint density at radius 3 is 2.33 bits per heavy atom. The summed E-state index contributed by atoms with van der Waals surface area (Å²) in [5.74, 6) is 4.03. The summed E-state index contributed by atoms with van der Waals surface area (Å²) in [6.45, 7) is 4.45. The van der Waals surface area contributed by atoms with Crippen molar-refractivity contribution in [1.29, 1.82) is 0 Å². The molecule has 0 unspecified atom stereocenters.